The number of aliphatic imine (C=N–C) groups is 1. The molecule has 0 aromatic heterocycles. The van der Waals surface area contributed by atoms with Crippen molar-refractivity contribution in [2.24, 2.45) is 33.7 Å². The molecule has 0 bridgehead atoms. The van der Waals surface area contributed by atoms with Crippen molar-refractivity contribution < 1.29 is 34.2 Å². The Bertz CT molecular complexity index is 803. The normalized spacial score (nSPS) is 14.8. The fourth-order valence-electron chi connectivity index (χ4n) is 3.16. The van der Waals surface area contributed by atoms with E-state index in [2.05, 4.69) is 20.9 Å². The summed E-state index contributed by atoms with van der Waals surface area (Å²) in [5.41, 5.74) is 26.9. The number of nitrogens with two attached hydrogens (primary N) is 5. The highest BCUT2D eigenvalue weighted by molar-refractivity contribution is 5.94. The van der Waals surface area contributed by atoms with Gasteiger partial charge in [-0.3, -0.25) is 24.2 Å². The van der Waals surface area contributed by atoms with E-state index in [1.807, 2.05) is 0 Å². The third-order valence-electron chi connectivity index (χ3n) is 5.24. The first-order valence-corrected chi connectivity index (χ1v) is 11.9. The van der Waals surface area contributed by atoms with Crippen LogP contribution in [0, 0.1) is 0 Å². The summed E-state index contributed by atoms with van der Waals surface area (Å²) in [5.74, 6) is -4.69. The van der Waals surface area contributed by atoms with Gasteiger partial charge in [0.2, 0.25) is 23.6 Å². The fraction of sp³-hybridized carbons (Fsp3) is 0.714. The topological polar surface area (TPSA) is 304 Å². The Kier molecular flexibility index (Phi) is 16.2. The smallest absolute Gasteiger partial charge is 0.326 e. The van der Waals surface area contributed by atoms with Crippen molar-refractivity contribution in [3.05, 3.63) is 0 Å². The molecule has 0 spiro atoms. The van der Waals surface area contributed by atoms with Crippen LogP contribution in [-0.4, -0.2) is 89.1 Å². The second-order valence-corrected chi connectivity index (χ2v) is 8.53. The highest BCUT2D eigenvalue weighted by Gasteiger charge is 2.32. The molecule has 0 aromatic rings. The molecule has 0 heterocycles. The van der Waals surface area contributed by atoms with E-state index in [0.717, 1.165) is 0 Å². The fourth-order valence-corrected chi connectivity index (χ4v) is 3.16. The maximum Gasteiger partial charge on any atom is 0.326 e. The maximum absolute atomic E-state index is 12.9. The van der Waals surface area contributed by atoms with Crippen LogP contribution < -0.4 is 44.6 Å². The molecule has 0 saturated carbocycles. The minimum absolute atomic E-state index is 0.0944. The van der Waals surface area contributed by atoms with Crippen LogP contribution in [0.3, 0.4) is 0 Å². The lowest BCUT2D eigenvalue weighted by Gasteiger charge is -2.26. The number of carbonyl (C=O) groups is 5. The minimum atomic E-state index is -1.55. The van der Waals surface area contributed by atoms with Gasteiger partial charge >= 0.3 is 5.97 Å². The van der Waals surface area contributed by atoms with Gasteiger partial charge in [-0.1, -0.05) is 0 Å². The summed E-state index contributed by atoms with van der Waals surface area (Å²) in [7, 11) is 0. The minimum Gasteiger partial charge on any atom is -0.480 e. The summed E-state index contributed by atoms with van der Waals surface area (Å²) in [5, 5.41) is 26.4. The van der Waals surface area contributed by atoms with Crippen molar-refractivity contribution in [1.82, 2.24) is 16.0 Å². The molecule has 16 nitrogen and oxygen atoms in total. The van der Waals surface area contributed by atoms with Crippen LogP contribution in [0.1, 0.15) is 51.9 Å². The number of nitrogens with zero attached hydrogens (tertiary/aromatic N) is 1. The molecule has 0 rings (SSSR count). The van der Waals surface area contributed by atoms with Crippen LogP contribution in [0.5, 0.6) is 0 Å². The molecule has 5 atom stereocenters. The van der Waals surface area contributed by atoms with Crippen molar-refractivity contribution in [2.45, 2.75) is 82.1 Å². The zero-order chi connectivity index (χ0) is 28.5. The van der Waals surface area contributed by atoms with Gasteiger partial charge in [-0.15, -0.1) is 0 Å². The number of primary amides is 1. The van der Waals surface area contributed by atoms with Crippen LogP contribution >= 0.6 is 0 Å². The molecule has 4 amide bonds. The number of unbranched alkanes of at least 4 members (excludes halogenated alkanes) is 1. The predicted octanol–water partition coefficient (Wildman–Crippen LogP) is -4.32. The summed E-state index contributed by atoms with van der Waals surface area (Å²) >= 11 is 0. The summed E-state index contributed by atoms with van der Waals surface area (Å²) in [6, 6.07) is -5.17. The lowest BCUT2D eigenvalue weighted by molar-refractivity contribution is -0.143. The van der Waals surface area contributed by atoms with E-state index < -0.39 is 59.9 Å². The molecule has 0 saturated heterocycles. The number of aliphatic hydroxyl groups is 1. The van der Waals surface area contributed by atoms with Crippen molar-refractivity contribution in [2.75, 3.05) is 13.1 Å². The highest BCUT2D eigenvalue weighted by Crippen LogP contribution is 2.05. The van der Waals surface area contributed by atoms with Crippen LogP contribution in [0.4, 0.5) is 0 Å². The van der Waals surface area contributed by atoms with Gasteiger partial charge in [-0.2, -0.15) is 0 Å². The first-order valence-electron chi connectivity index (χ1n) is 11.9. The van der Waals surface area contributed by atoms with Gasteiger partial charge < -0.3 is 54.8 Å². The second-order valence-electron chi connectivity index (χ2n) is 8.53. The predicted molar refractivity (Wildman–Crippen MR) is 134 cm³/mol. The van der Waals surface area contributed by atoms with E-state index in [4.69, 9.17) is 28.7 Å². The zero-order valence-corrected chi connectivity index (χ0v) is 21.0. The molecule has 0 aliphatic heterocycles. The summed E-state index contributed by atoms with van der Waals surface area (Å²) in [6.45, 7) is 1.81. The Morgan fingerprint density at radius 2 is 1.46 bits per heavy atom. The zero-order valence-electron chi connectivity index (χ0n) is 21.0. The number of carbonyl (C=O) groups excluding carboxylic acids is 4. The molecule has 0 fully saturated rings. The molecule has 0 aromatic carbocycles. The van der Waals surface area contributed by atoms with Gasteiger partial charge in [-0.05, 0) is 52.0 Å². The summed E-state index contributed by atoms with van der Waals surface area (Å²) in [6.07, 6.45) is -0.257. The number of carboxylic acid groups (broad SMARTS) is 1. The number of nitrogens with one attached hydrogen (secondary N) is 3. The third-order valence-corrected chi connectivity index (χ3v) is 5.24. The van der Waals surface area contributed by atoms with Crippen LogP contribution in [0.2, 0.25) is 0 Å². The van der Waals surface area contributed by atoms with E-state index in [9.17, 15) is 34.2 Å². The van der Waals surface area contributed by atoms with Crippen LogP contribution in [0.15, 0.2) is 4.99 Å². The number of rotatable bonds is 19. The molecule has 5 unspecified atom stereocenters. The largest absolute Gasteiger partial charge is 0.480 e. The first kappa shape index (κ1) is 33.5. The number of guanidine groups is 1. The van der Waals surface area contributed by atoms with Crippen LogP contribution in [-0.2, 0) is 24.0 Å². The number of carboxylic acids is 1. The number of hydrogen-bond donors (Lipinski definition) is 10. The molecule has 0 radical (unpaired) electrons. The van der Waals surface area contributed by atoms with Crippen molar-refractivity contribution in [1.29, 1.82) is 0 Å². The standard InChI is InChI=1S/C21H41N9O7/c1-11(31)16(19(35)29-14(20(36)37)6-2-3-9-22)30-18(34)13(7-8-15(24)32)28-17(33)12(23)5-4-10-27-21(25)26/h11-14,16,31H,2-10,22-23H2,1H3,(H2,24,32)(H,28,33)(H,29,35)(H,30,34)(H,36,37)(H4,25,26,27). The van der Waals surface area contributed by atoms with E-state index in [-0.39, 0.29) is 38.2 Å². The summed E-state index contributed by atoms with van der Waals surface area (Å²) in [4.78, 5) is 64.7. The molecule has 212 valence electrons. The van der Waals surface area contributed by atoms with E-state index in [0.29, 0.717) is 25.8 Å². The molecule has 37 heavy (non-hydrogen) atoms. The van der Waals surface area contributed by atoms with E-state index in [1.165, 1.54) is 6.92 Å². The molecule has 0 aliphatic rings. The highest BCUT2D eigenvalue weighted by atomic mass is 16.4. The van der Waals surface area contributed by atoms with Crippen molar-refractivity contribution >= 4 is 35.6 Å². The number of aliphatic carboxylic acids is 1. The van der Waals surface area contributed by atoms with Crippen LogP contribution in [0.25, 0.3) is 0 Å². The van der Waals surface area contributed by atoms with Gasteiger partial charge in [0, 0.05) is 13.0 Å². The van der Waals surface area contributed by atoms with Gasteiger partial charge in [-0.25, -0.2) is 4.79 Å². The number of hydrogen-bond acceptors (Lipinski definition) is 9. The van der Waals surface area contributed by atoms with Crippen molar-refractivity contribution in [3.63, 3.8) is 0 Å². The lowest BCUT2D eigenvalue weighted by atomic mass is 10.1. The third kappa shape index (κ3) is 14.6. The lowest BCUT2D eigenvalue weighted by Crippen LogP contribution is -2.59. The quantitative estimate of drug-likeness (QED) is 0.0431. The van der Waals surface area contributed by atoms with Gasteiger partial charge in [0.15, 0.2) is 5.96 Å². The van der Waals surface area contributed by atoms with Gasteiger partial charge in [0.1, 0.15) is 18.1 Å². The second kappa shape index (κ2) is 17.9. The van der Waals surface area contributed by atoms with Crippen molar-refractivity contribution in [3.8, 4) is 0 Å². The number of amides is 4. The maximum atomic E-state index is 12.9. The Morgan fingerprint density at radius 3 is 1.97 bits per heavy atom. The Labute approximate surface area is 215 Å². The Hall–Kier alpha value is -3.50. The monoisotopic (exact) mass is 531 g/mol. The molecule has 15 N–H and O–H groups in total. The first-order chi connectivity index (χ1) is 17.3. The Balaban J connectivity index is 5.37. The molecule has 16 heteroatoms. The SMILES string of the molecule is CC(O)C(NC(=O)C(CCC(N)=O)NC(=O)C(N)CCCN=C(N)N)C(=O)NC(CCCCN)C(=O)O. The van der Waals surface area contributed by atoms with E-state index >= 15 is 0 Å². The molecule has 0 aliphatic carbocycles. The Morgan fingerprint density at radius 1 is 0.838 bits per heavy atom. The summed E-state index contributed by atoms with van der Waals surface area (Å²) < 4.78 is 0. The number of aliphatic hydroxyl groups excluding tert-OH is 1. The average molecular weight is 532 g/mol. The van der Waals surface area contributed by atoms with E-state index in [1.54, 1.807) is 0 Å². The van der Waals surface area contributed by atoms with Gasteiger partial charge in [0.05, 0.1) is 12.1 Å². The molecular weight excluding hydrogens is 490 g/mol. The van der Waals surface area contributed by atoms with Gasteiger partial charge in [0.25, 0.3) is 0 Å². The molecular formula is C21H41N9O7. The average Bonchev–Trinajstić information content (AvgIpc) is 2.81.